The van der Waals surface area contributed by atoms with E-state index in [0.29, 0.717) is 6.42 Å². The van der Waals surface area contributed by atoms with Crippen LogP contribution in [0.2, 0.25) is 0 Å². The predicted molar refractivity (Wildman–Crippen MR) is 85.2 cm³/mol. The summed E-state index contributed by atoms with van der Waals surface area (Å²) in [4.78, 5) is 18.1. The molecule has 0 atom stereocenters. The van der Waals surface area contributed by atoms with Gasteiger partial charge in [-0.1, -0.05) is 12.1 Å². The Labute approximate surface area is 124 Å². The Bertz CT molecular complexity index is 664. The second-order valence-corrected chi connectivity index (χ2v) is 5.20. The molecule has 0 fully saturated rings. The molecule has 0 N–H and O–H groups in total. The molecule has 3 rings (SSSR count). The van der Waals surface area contributed by atoms with Crippen LogP contribution >= 0.6 is 0 Å². The molecule has 2 heterocycles. The van der Waals surface area contributed by atoms with Crippen molar-refractivity contribution in [2.75, 3.05) is 11.4 Å². The summed E-state index contributed by atoms with van der Waals surface area (Å²) >= 11 is 0. The lowest BCUT2D eigenvalue weighted by Crippen LogP contribution is -2.28. The normalized spacial score (nSPS) is 13.0. The number of allylic oxidation sites excluding steroid dienone is 1. The molecule has 0 bridgehead atoms. The van der Waals surface area contributed by atoms with Crippen molar-refractivity contribution in [2.45, 2.75) is 19.3 Å². The Balaban J connectivity index is 1.85. The topological polar surface area (TPSA) is 33.2 Å². The van der Waals surface area contributed by atoms with E-state index in [0.717, 1.165) is 30.6 Å². The van der Waals surface area contributed by atoms with Gasteiger partial charge in [0.05, 0.1) is 0 Å². The number of hydrogen-bond acceptors (Lipinski definition) is 2. The van der Waals surface area contributed by atoms with Crippen LogP contribution in [0.5, 0.6) is 0 Å². The summed E-state index contributed by atoms with van der Waals surface area (Å²) in [6.45, 7) is 4.46. The lowest BCUT2D eigenvalue weighted by Gasteiger charge is -2.17. The molecule has 0 unspecified atom stereocenters. The van der Waals surface area contributed by atoms with Crippen LogP contribution < -0.4 is 4.90 Å². The van der Waals surface area contributed by atoms with Gasteiger partial charge >= 0.3 is 0 Å². The second-order valence-electron chi connectivity index (χ2n) is 5.20. The van der Waals surface area contributed by atoms with Gasteiger partial charge in [0.1, 0.15) is 0 Å². The van der Waals surface area contributed by atoms with Gasteiger partial charge in [-0.15, -0.1) is 6.58 Å². The third-order valence-corrected chi connectivity index (χ3v) is 3.85. The van der Waals surface area contributed by atoms with Crippen molar-refractivity contribution < 1.29 is 4.79 Å². The van der Waals surface area contributed by atoms with Crippen LogP contribution in [0.4, 0.5) is 5.69 Å². The van der Waals surface area contributed by atoms with Crippen molar-refractivity contribution in [3.63, 3.8) is 0 Å². The Kier molecular flexibility index (Phi) is 3.82. The SMILES string of the molecule is C=CCCC(=O)N1CCc2cc(-c3ccncc3)ccc21. The van der Waals surface area contributed by atoms with Crippen LogP contribution in [0.15, 0.2) is 55.4 Å². The molecule has 0 spiro atoms. The molecule has 1 amide bonds. The number of benzene rings is 1. The maximum atomic E-state index is 12.2. The Hall–Kier alpha value is -2.42. The van der Waals surface area contributed by atoms with Crippen molar-refractivity contribution in [1.82, 2.24) is 4.98 Å². The van der Waals surface area contributed by atoms with Crippen molar-refractivity contribution in [1.29, 1.82) is 0 Å². The minimum absolute atomic E-state index is 0.185. The van der Waals surface area contributed by atoms with Crippen molar-refractivity contribution in [3.8, 4) is 11.1 Å². The molecule has 1 aliphatic rings. The maximum Gasteiger partial charge on any atom is 0.227 e. The highest BCUT2D eigenvalue weighted by atomic mass is 16.2. The molecule has 2 aromatic rings. The van der Waals surface area contributed by atoms with Gasteiger partial charge in [-0.3, -0.25) is 9.78 Å². The first-order valence-corrected chi connectivity index (χ1v) is 7.24. The molecular weight excluding hydrogens is 260 g/mol. The average Bonchev–Trinajstić information content (AvgIpc) is 2.96. The van der Waals surface area contributed by atoms with E-state index in [2.05, 4.69) is 29.8 Å². The highest BCUT2D eigenvalue weighted by Gasteiger charge is 2.24. The summed E-state index contributed by atoms with van der Waals surface area (Å²) in [5, 5.41) is 0. The highest BCUT2D eigenvalue weighted by molar-refractivity contribution is 5.96. The monoisotopic (exact) mass is 278 g/mol. The largest absolute Gasteiger partial charge is 0.312 e. The number of carbonyl (C=O) groups is 1. The maximum absolute atomic E-state index is 12.2. The van der Waals surface area contributed by atoms with E-state index in [9.17, 15) is 4.79 Å². The molecule has 3 heteroatoms. The van der Waals surface area contributed by atoms with Crippen molar-refractivity contribution >= 4 is 11.6 Å². The lowest BCUT2D eigenvalue weighted by molar-refractivity contribution is -0.118. The number of aromatic nitrogens is 1. The molecule has 3 nitrogen and oxygen atoms in total. The van der Waals surface area contributed by atoms with Crippen LogP contribution in [0, 0.1) is 0 Å². The van der Waals surface area contributed by atoms with Crippen molar-refractivity contribution in [2.24, 2.45) is 0 Å². The average molecular weight is 278 g/mol. The molecule has 0 radical (unpaired) electrons. The molecule has 1 aromatic carbocycles. The third-order valence-electron chi connectivity index (χ3n) is 3.85. The van der Waals surface area contributed by atoms with E-state index in [4.69, 9.17) is 0 Å². The number of fused-ring (bicyclic) bond motifs is 1. The zero-order chi connectivity index (χ0) is 14.7. The van der Waals surface area contributed by atoms with Gasteiger partial charge in [0, 0.05) is 31.0 Å². The van der Waals surface area contributed by atoms with Crippen LogP contribution in [0.25, 0.3) is 11.1 Å². The van der Waals surface area contributed by atoms with E-state index in [1.165, 1.54) is 11.1 Å². The third kappa shape index (κ3) is 2.72. The number of rotatable bonds is 4. The Morgan fingerprint density at radius 2 is 2.05 bits per heavy atom. The molecule has 0 saturated carbocycles. The fourth-order valence-corrected chi connectivity index (χ4v) is 2.75. The van der Waals surface area contributed by atoms with E-state index >= 15 is 0 Å². The number of hydrogen-bond donors (Lipinski definition) is 0. The Morgan fingerprint density at radius 3 is 2.81 bits per heavy atom. The predicted octanol–water partition coefficient (Wildman–Crippen LogP) is 3.60. The van der Waals surface area contributed by atoms with Gasteiger partial charge < -0.3 is 4.90 Å². The standard InChI is InChI=1S/C18H18N2O/c1-2-3-4-18(21)20-12-9-16-13-15(5-6-17(16)20)14-7-10-19-11-8-14/h2,5-8,10-11,13H,1,3-4,9,12H2. The van der Waals surface area contributed by atoms with Crippen LogP contribution in [0.3, 0.4) is 0 Å². The first kappa shape index (κ1) is 13.6. The van der Waals surface area contributed by atoms with Crippen LogP contribution in [-0.4, -0.2) is 17.4 Å². The lowest BCUT2D eigenvalue weighted by atomic mass is 10.0. The van der Waals surface area contributed by atoms with Gasteiger partial charge in [-0.25, -0.2) is 0 Å². The molecular formula is C18H18N2O. The van der Waals surface area contributed by atoms with Gasteiger partial charge in [-0.05, 0) is 53.8 Å². The number of carbonyl (C=O) groups excluding carboxylic acids is 1. The van der Waals surface area contributed by atoms with E-state index in [-0.39, 0.29) is 5.91 Å². The van der Waals surface area contributed by atoms with E-state index in [1.807, 2.05) is 17.0 Å². The summed E-state index contributed by atoms with van der Waals surface area (Å²) in [5.74, 6) is 0.185. The van der Waals surface area contributed by atoms with Gasteiger partial charge in [-0.2, -0.15) is 0 Å². The number of amides is 1. The minimum atomic E-state index is 0.185. The number of anilines is 1. The van der Waals surface area contributed by atoms with Crippen molar-refractivity contribution in [3.05, 3.63) is 60.9 Å². The van der Waals surface area contributed by atoms with Crippen LogP contribution in [0.1, 0.15) is 18.4 Å². The Morgan fingerprint density at radius 1 is 1.24 bits per heavy atom. The highest BCUT2D eigenvalue weighted by Crippen LogP contribution is 2.32. The molecule has 0 aliphatic carbocycles. The summed E-state index contributed by atoms with van der Waals surface area (Å²) in [6, 6.07) is 10.3. The second kappa shape index (κ2) is 5.92. The molecule has 21 heavy (non-hydrogen) atoms. The van der Waals surface area contributed by atoms with E-state index in [1.54, 1.807) is 18.5 Å². The van der Waals surface area contributed by atoms with Gasteiger partial charge in [0.15, 0.2) is 0 Å². The van der Waals surface area contributed by atoms with E-state index < -0.39 is 0 Å². The fourth-order valence-electron chi connectivity index (χ4n) is 2.75. The van der Waals surface area contributed by atoms with Gasteiger partial charge in [0.25, 0.3) is 0 Å². The summed E-state index contributed by atoms with van der Waals surface area (Å²) < 4.78 is 0. The summed E-state index contributed by atoms with van der Waals surface area (Å²) in [7, 11) is 0. The van der Waals surface area contributed by atoms with Crippen LogP contribution in [-0.2, 0) is 11.2 Å². The first-order chi connectivity index (χ1) is 10.3. The fraction of sp³-hybridized carbons (Fsp3) is 0.222. The first-order valence-electron chi connectivity index (χ1n) is 7.24. The summed E-state index contributed by atoms with van der Waals surface area (Å²) in [6.07, 6.45) is 7.59. The molecule has 106 valence electrons. The molecule has 1 aliphatic heterocycles. The zero-order valence-corrected chi connectivity index (χ0v) is 12.0. The summed E-state index contributed by atoms with van der Waals surface area (Å²) in [5.41, 5.74) is 4.64. The quantitative estimate of drug-likeness (QED) is 0.801. The number of nitrogens with zero attached hydrogens (tertiary/aromatic N) is 2. The molecule has 0 saturated heterocycles. The zero-order valence-electron chi connectivity index (χ0n) is 12.0. The molecule has 1 aromatic heterocycles. The van der Waals surface area contributed by atoms with Gasteiger partial charge in [0.2, 0.25) is 5.91 Å². The minimum Gasteiger partial charge on any atom is -0.312 e. The number of pyridine rings is 1. The smallest absolute Gasteiger partial charge is 0.227 e.